The quantitative estimate of drug-likeness (QED) is 0.807. The number of pyridine rings is 1. The van der Waals surface area contributed by atoms with E-state index in [0.29, 0.717) is 23.0 Å². The number of nitrogen functional groups attached to an aromatic ring is 1. The van der Waals surface area contributed by atoms with Gasteiger partial charge in [0.15, 0.2) is 0 Å². The van der Waals surface area contributed by atoms with Gasteiger partial charge in [-0.2, -0.15) is 11.8 Å². The minimum atomic E-state index is -0.436. The zero-order valence-corrected chi connectivity index (χ0v) is 11.1. The van der Waals surface area contributed by atoms with E-state index in [2.05, 4.69) is 15.0 Å². The summed E-state index contributed by atoms with van der Waals surface area (Å²) in [4.78, 5) is 15.7. The normalized spacial score (nSPS) is 18.6. The number of ether oxygens (including phenoxy) is 1. The molecule has 1 unspecified atom stereocenters. The highest BCUT2D eigenvalue weighted by atomic mass is 32.2. The van der Waals surface area contributed by atoms with Crippen LogP contribution in [0.5, 0.6) is 0 Å². The average molecular weight is 267 g/mol. The Kier molecular flexibility index (Phi) is 4.30. The molecule has 5 nitrogen and oxygen atoms in total. The number of hydrogen-bond donors (Lipinski definition) is 2. The Balaban J connectivity index is 2.05. The summed E-state index contributed by atoms with van der Waals surface area (Å²) in [5.41, 5.74) is 6.63. The van der Waals surface area contributed by atoms with E-state index in [9.17, 15) is 4.79 Å². The Labute approximate surface area is 110 Å². The number of anilines is 2. The minimum absolute atomic E-state index is 0.356. The fourth-order valence-corrected chi connectivity index (χ4v) is 3.17. The van der Waals surface area contributed by atoms with Crippen LogP contribution in [0.3, 0.4) is 0 Å². The van der Waals surface area contributed by atoms with Crippen molar-refractivity contribution < 1.29 is 9.53 Å². The molecule has 1 aromatic rings. The van der Waals surface area contributed by atoms with Crippen LogP contribution in [-0.4, -0.2) is 36.1 Å². The Hall–Kier alpha value is -1.43. The Morgan fingerprint density at radius 3 is 3.22 bits per heavy atom. The van der Waals surface area contributed by atoms with Gasteiger partial charge in [-0.1, -0.05) is 0 Å². The van der Waals surface area contributed by atoms with Gasteiger partial charge in [0.1, 0.15) is 5.82 Å². The highest BCUT2D eigenvalue weighted by molar-refractivity contribution is 7.99. The van der Waals surface area contributed by atoms with Crippen molar-refractivity contribution in [3.05, 3.63) is 17.8 Å². The number of thioether (sulfide) groups is 1. The molecule has 0 saturated carbocycles. The van der Waals surface area contributed by atoms with E-state index in [0.717, 1.165) is 6.54 Å². The van der Waals surface area contributed by atoms with Crippen LogP contribution in [0.4, 0.5) is 11.5 Å². The first-order chi connectivity index (χ1) is 8.72. The maximum atomic E-state index is 11.5. The highest BCUT2D eigenvalue weighted by Crippen LogP contribution is 2.25. The van der Waals surface area contributed by atoms with E-state index in [-0.39, 0.29) is 0 Å². The molecule has 2 heterocycles. The van der Waals surface area contributed by atoms with Gasteiger partial charge < -0.3 is 15.8 Å². The molecule has 0 aliphatic carbocycles. The first kappa shape index (κ1) is 13.0. The van der Waals surface area contributed by atoms with E-state index >= 15 is 0 Å². The van der Waals surface area contributed by atoms with Crippen LogP contribution in [0.15, 0.2) is 12.3 Å². The predicted octanol–water partition coefficient (Wildman–Crippen LogP) is 1.62. The summed E-state index contributed by atoms with van der Waals surface area (Å²) in [7, 11) is 1.34. The first-order valence-corrected chi connectivity index (χ1v) is 7.02. The second-order valence-corrected chi connectivity index (χ2v) is 5.37. The van der Waals surface area contributed by atoms with Gasteiger partial charge in [0.2, 0.25) is 0 Å². The van der Waals surface area contributed by atoms with Gasteiger partial charge in [0.05, 0.1) is 18.4 Å². The summed E-state index contributed by atoms with van der Waals surface area (Å²) in [5.74, 6) is 3.17. The summed E-state index contributed by atoms with van der Waals surface area (Å²) in [6.07, 6.45) is 2.78. The lowest BCUT2D eigenvalue weighted by molar-refractivity contribution is 0.0602. The molecule has 1 atom stereocenters. The van der Waals surface area contributed by atoms with Gasteiger partial charge in [0.25, 0.3) is 0 Å². The van der Waals surface area contributed by atoms with Gasteiger partial charge in [-0.3, -0.25) is 0 Å². The van der Waals surface area contributed by atoms with Crippen molar-refractivity contribution in [1.29, 1.82) is 0 Å². The van der Waals surface area contributed by atoms with Crippen molar-refractivity contribution >= 4 is 29.2 Å². The van der Waals surface area contributed by atoms with Crippen LogP contribution >= 0.6 is 11.8 Å². The summed E-state index contributed by atoms with van der Waals surface area (Å²) in [6, 6.07) is 1.57. The molecule has 98 valence electrons. The molecule has 1 aromatic heterocycles. The number of nitrogens with zero attached hydrogens (tertiary/aromatic N) is 1. The predicted molar refractivity (Wildman–Crippen MR) is 73.9 cm³/mol. The minimum Gasteiger partial charge on any atom is -0.465 e. The van der Waals surface area contributed by atoms with Crippen molar-refractivity contribution in [1.82, 2.24) is 4.98 Å². The molecule has 0 amide bonds. The van der Waals surface area contributed by atoms with E-state index in [4.69, 9.17) is 5.73 Å². The van der Waals surface area contributed by atoms with Gasteiger partial charge in [-0.25, -0.2) is 9.78 Å². The molecule has 6 heteroatoms. The van der Waals surface area contributed by atoms with Gasteiger partial charge in [0, 0.05) is 12.7 Å². The molecule has 18 heavy (non-hydrogen) atoms. The number of hydrogen-bond acceptors (Lipinski definition) is 6. The number of methoxy groups -OCH3 is 1. The standard InChI is InChI=1S/C12H17N3O2S/c1-17-12(16)9-2-4-14-11(10(9)13)15-6-8-3-5-18-7-8/h2,4,8H,3,5-7,13H2,1H3,(H,14,15). The first-order valence-electron chi connectivity index (χ1n) is 5.86. The molecule has 2 rings (SSSR count). The fourth-order valence-electron chi connectivity index (χ4n) is 1.89. The van der Waals surface area contributed by atoms with Crippen molar-refractivity contribution in [2.45, 2.75) is 6.42 Å². The number of rotatable bonds is 4. The largest absolute Gasteiger partial charge is 0.465 e. The third kappa shape index (κ3) is 2.87. The lowest BCUT2D eigenvalue weighted by atomic mass is 10.1. The number of nitrogens with two attached hydrogens (primary N) is 1. The number of carbonyl (C=O) groups is 1. The van der Waals surface area contributed by atoms with Crippen molar-refractivity contribution in [2.24, 2.45) is 5.92 Å². The number of aromatic nitrogens is 1. The van der Waals surface area contributed by atoms with E-state index in [1.54, 1.807) is 12.3 Å². The third-order valence-corrected chi connectivity index (χ3v) is 4.21. The van der Waals surface area contributed by atoms with E-state index < -0.39 is 5.97 Å². The van der Waals surface area contributed by atoms with Crippen LogP contribution in [0.2, 0.25) is 0 Å². The second kappa shape index (κ2) is 5.95. The van der Waals surface area contributed by atoms with E-state index in [1.807, 2.05) is 11.8 Å². The molecule has 3 N–H and O–H groups in total. The fraction of sp³-hybridized carbons (Fsp3) is 0.500. The molecular weight excluding hydrogens is 250 g/mol. The zero-order chi connectivity index (χ0) is 13.0. The maximum absolute atomic E-state index is 11.5. The molecule has 1 fully saturated rings. The lowest BCUT2D eigenvalue weighted by Crippen LogP contribution is -2.16. The second-order valence-electron chi connectivity index (χ2n) is 4.22. The molecular formula is C12H17N3O2S. The van der Waals surface area contributed by atoms with Crippen LogP contribution in [-0.2, 0) is 4.74 Å². The molecule has 0 radical (unpaired) electrons. The zero-order valence-electron chi connectivity index (χ0n) is 10.3. The monoisotopic (exact) mass is 267 g/mol. The number of nitrogens with one attached hydrogen (secondary N) is 1. The molecule has 0 spiro atoms. The molecule has 1 saturated heterocycles. The van der Waals surface area contributed by atoms with E-state index in [1.165, 1.54) is 25.0 Å². The van der Waals surface area contributed by atoms with Crippen molar-refractivity contribution in [3.8, 4) is 0 Å². The average Bonchev–Trinajstić information content (AvgIpc) is 2.90. The van der Waals surface area contributed by atoms with Crippen LogP contribution in [0.25, 0.3) is 0 Å². The SMILES string of the molecule is COC(=O)c1ccnc(NCC2CCSC2)c1N. The Bertz CT molecular complexity index is 433. The third-order valence-electron chi connectivity index (χ3n) is 2.98. The molecule has 1 aliphatic heterocycles. The number of carbonyl (C=O) groups excluding carboxylic acids is 1. The van der Waals surface area contributed by atoms with Crippen LogP contribution in [0.1, 0.15) is 16.8 Å². The number of esters is 1. The Morgan fingerprint density at radius 2 is 2.56 bits per heavy atom. The summed E-state index contributed by atoms with van der Waals surface area (Å²) < 4.78 is 4.67. The highest BCUT2D eigenvalue weighted by Gasteiger charge is 2.17. The molecule has 0 aromatic carbocycles. The van der Waals surface area contributed by atoms with Crippen molar-refractivity contribution in [3.63, 3.8) is 0 Å². The van der Waals surface area contributed by atoms with Crippen molar-refractivity contribution in [2.75, 3.05) is 36.2 Å². The molecule has 1 aliphatic rings. The van der Waals surface area contributed by atoms with Gasteiger partial charge >= 0.3 is 5.97 Å². The van der Waals surface area contributed by atoms with Gasteiger partial charge in [-0.15, -0.1) is 0 Å². The smallest absolute Gasteiger partial charge is 0.340 e. The topological polar surface area (TPSA) is 77.2 Å². The van der Waals surface area contributed by atoms with Crippen LogP contribution in [0, 0.1) is 5.92 Å². The molecule has 0 bridgehead atoms. The summed E-state index contributed by atoms with van der Waals surface area (Å²) >= 11 is 1.97. The summed E-state index contributed by atoms with van der Waals surface area (Å²) in [6.45, 7) is 0.842. The van der Waals surface area contributed by atoms with Crippen LogP contribution < -0.4 is 11.1 Å². The van der Waals surface area contributed by atoms with Gasteiger partial charge in [-0.05, 0) is 29.9 Å². The lowest BCUT2D eigenvalue weighted by Gasteiger charge is -2.13. The maximum Gasteiger partial charge on any atom is 0.340 e. The summed E-state index contributed by atoms with van der Waals surface area (Å²) in [5, 5.41) is 3.22. The Morgan fingerprint density at radius 1 is 1.72 bits per heavy atom.